The number of rotatable bonds is 3. The van der Waals surface area contributed by atoms with Gasteiger partial charge in [-0.25, -0.2) is 0 Å². The highest BCUT2D eigenvalue weighted by Gasteiger charge is 2.27. The van der Waals surface area contributed by atoms with Crippen LogP contribution >= 0.6 is 15.9 Å². The summed E-state index contributed by atoms with van der Waals surface area (Å²) < 4.78 is 0.845. The number of nitro benzene ring substituents is 1. The first-order chi connectivity index (χ1) is 8.58. The Hall–Kier alpha value is -1.14. The van der Waals surface area contributed by atoms with Crippen LogP contribution in [0.4, 0.5) is 11.4 Å². The van der Waals surface area contributed by atoms with Crippen molar-refractivity contribution in [3.8, 4) is 0 Å². The van der Waals surface area contributed by atoms with Crippen LogP contribution in [0.25, 0.3) is 0 Å². The fraction of sp³-hybridized carbons (Fsp3) is 0.500. The van der Waals surface area contributed by atoms with E-state index in [0.717, 1.165) is 29.3 Å². The third kappa shape index (κ3) is 2.22. The zero-order valence-electron chi connectivity index (χ0n) is 10.4. The van der Waals surface area contributed by atoms with Gasteiger partial charge in [-0.1, -0.05) is 15.9 Å². The maximum Gasteiger partial charge on any atom is 0.293 e. The van der Waals surface area contributed by atoms with Gasteiger partial charge in [0.1, 0.15) is 5.69 Å². The Balaban J connectivity index is 2.58. The van der Waals surface area contributed by atoms with E-state index in [4.69, 9.17) is 0 Å². The molecule has 0 radical (unpaired) electrons. The largest absolute Gasteiger partial charge is 0.382 e. The van der Waals surface area contributed by atoms with Crippen molar-refractivity contribution in [2.24, 2.45) is 0 Å². The molecule has 0 bridgehead atoms. The van der Waals surface area contributed by atoms with Crippen LogP contribution in [-0.4, -0.2) is 25.1 Å². The van der Waals surface area contributed by atoms with Gasteiger partial charge >= 0.3 is 0 Å². The zero-order chi connectivity index (χ0) is 13.3. The Labute approximate surface area is 114 Å². The lowest BCUT2D eigenvalue weighted by atomic mass is 9.86. The number of halogens is 1. The molecule has 0 fully saturated rings. The monoisotopic (exact) mass is 313 g/mol. The fourth-order valence-electron chi connectivity index (χ4n) is 2.56. The van der Waals surface area contributed by atoms with Gasteiger partial charge in [-0.15, -0.1) is 0 Å². The van der Waals surface area contributed by atoms with Crippen LogP contribution in [0.3, 0.4) is 0 Å². The van der Waals surface area contributed by atoms with Gasteiger partial charge in [-0.2, -0.15) is 0 Å². The smallest absolute Gasteiger partial charge is 0.293 e. The molecule has 2 N–H and O–H groups in total. The van der Waals surface area contributed by atoms with E-state index in [-0.39, 0.29) is 10.6 Å². The number of nitrogens with one attached hydrogen (secondary N) is 2. The summed E-state index contributed by atoms with van der Waals surface area (Å²) in [6.45, 7) is 0. The van der Waals surface area contributed by atoms with Crippen LogP contribution in [0.2, 0.25) is 0 Å². The fourth-order valence-corrected chi connectivity index (χ4v) is 3.22. The SMILES string of the molecule is CNc1c([N+](=O)[O-])cc(Br)c2c1CC(NC)CC2. The minimum atomic E-state index is -0.333. The second-order valence-corrected chi connectivity index (χ2v) is 5.30. The number of hydrogen-bond donors (Lipinski definition) is 2. The third-order valence-corrected chi connectivity index (χ3v) is 4.23. The predicted octanol–water partition coefficient (Wildman–Crippen LogP) is 2.48. The number of benzene rings is 1. The van der Waals surface area contributed by atoms with E-state index < -0.39 is 0 Å². The molecule has 0 saturated heterocycles. The Morgan fingerprint density at radius 2 is 2.17 bits per heavy atom. The van der Waals surface area contributed by atoms with E-state index >= 15 is 0 Å². The molecule has 1 unspecified atom stereocenters. The highest BCUT2D eigenvalue weighted by molar-refractivity contribution is 9.10. The molecule has 5 nitrogen and oxygen atoms in total. The van der Waals surface area contributed by atoms with Gasteiger partial charge in [0.15, 0.2) is 0 Å². The summed E-state index contributed by atoms with van der Waals surface area (Å²) in [5.74, 6) is 0. The molecule has 0 aliphatic heterocycles. The maximum atomic E-state index is 11.1. The summed E-state index contributed by atoms with van der Waals surface area (Å²) in [4.78, 5) is 10.8. The van der Waals surface area contributed by atoms with Gasteiger partial charge in [0, 0.05) is 23.6 Å². The summed E-state index contributed by atoms with van der Waals surface area (Å²) in [6.07, 6.45) is 2.82. The highest BCUT2D eigenvalue weighted by Crippen LogP contribution is 2.39. The van der Waals surface area contributed by atoms with Crippen molar-refractivity contribution in [1.29, 1.82) is 0 Å². The zero-order valence-corrected chi connectivity index (χ0v) is 12.0. The minimum Gasteiger partial charge on any atom is -0.382 e. The van der Waals surface area contributed by atoms with Crippen LogP contribution in [0.1, 0.15) is 17.5 Å². The van der Waals surface area contributed by atoms with Gasteiger partial charge < -0.3 is 10.6 Å². The molecule has 0 aromatic heterocycles. The molecule has 6 heteroatoms. The van der Waals surface area contributed by atoms with Gasteiger partial charge in [0.25, 0.3) is 5.69 Å². The van der Waals surface area contributed by atoms with Gasteiger partial charge in [0.2, 0.25) is 0 Å². The van der Waals surface area contributed by atoms with E-state index in [1.807, 2.05) is 7.05 Å². The number of fused-ring (bicyclic) bond motifs is 1. The molecule has 0 heterocycles. The van der Waals surface area contributed by atoms with E-state index in [9.17, 15) is 10.1 Å². The minimum absolute atomic E-state index is 0.139. The first-order valence-corrected chi connectivity index (χ1v) is 6.71. The molecule has 0 saturated carbocycles. The van der Waals surface area contributed by atoms with Crippen molar-refractivity contribution in [1.82, 2.24) is 5.32 Å². The number of hydrogen-bond acceptors (Lipinski definition) is 4. The van der Waals surface area contributed by atoms with Crippen LogP contribution in [0.5, 0.6) is 0 Å². The molecule has 1 aromatic rings. The summed E-state index contributed by atoms with van der Waals surface area (Å²) in [5, 5.41) is 17.3. The van der Waals surface area contributed by atoms with Crippen molar-refractivity contribution in [3.05, 3.63) is 31.8 Å². The predicted molar refractivity (Wildman–Crippen MR) is 75.2 cm³/mol. The van der Waals surface area contributed by atoms with E-state index in [2.05, 4.69) is 26.6 Å². The summed E-state index contributed by atoms with van der Waals surface area (Å²) in [5.41, 5.74) is 3.04. The standard InChI is InChI=1S/C12H16BrN3O2/c1-14-7-3-4-8-9(5-7)12(15-2)11(16(17)18)6-10(8)13/h6-7,14-15H,3-5H2,1-2H3. The first kappa shape index (κ1) is 13.3. The van der Waals surface area contributed by atoms with Crippen LogP contribution in [0.15, 0.2) is 10.5 Å². The summed E-state index contributed by atoms with van der Waals surface area (Å²) >= 11 is 3.45. The Morgan fingerprint density at radius 3 is 2.72 bits per heavy atom. The molecule has 18 heavy (non-hydrogen) atoms. The lowest BCUT2D eigenvalue weighted by Gasteiger charge is -2.27. The first-order valence-electron chi connectivity index (χ1n) is 5.92. The van der Waals surface area contributed by atoms with E-state index in [1.54, 1.807) is 13.1 Å². The molecule has 2 rings (SSSR count). The average Bonchev–Trinajstić information content (AvgIpc) is 2.37. The molecular formula is C12H16BrN3O2. The number of nitro groups is 1. The molecule has 98 valence electrons. The van der Waals surface area contributed by atoms with Crippen LogP contribution in [-0.2, 0) is 12.8 Å². The van der Waals surface area contributed by atoms with Crippen molar-refractivity contribution in [2.45, 2.75) is 25.3 Å². The third-order valence-electron chi connectivity index (χ3n) is 3.52. The van der Waals surface area contributed by atoms with Crippen LogP contribution in [0, 0.1) is 10.1 Å². The normalized spacial score (nSPS) is 18.3. The summed E-state index contributed by atoms with van der Waals surface area (Å²) in [7, 11) is 3.67. The number of anilines is 1. The highest BCUT2D eigenvalue weighted by atomic mass is 79.9. The van der Waals surface area contributed by atoms with Crippen molar-refractivity contribution < 1.29 is 4.92 Å². The molecular weight excluding hydrogens is 298 g/mol. The molecule has 1 aliphatic rings. The van der Waals surface area contributed by atoms with E-state index in [1.165, 1.54) is 5.56 Å². The van der Waals surface area contributed by atoms with Gasteiger partial charge in [-0.3, -0.25) is 10.1 Å². The maximum absolute atomic E-state index is 11.1. The molecule has 1 aromatic carbocycles. The average molecular weight is 314 g/mol. The topological polar surface area (TPSA) is 67.2 Å². The van der Waals surface area contributed by atoms with Crippen LogP contribution < -0.4 is 10.6 Å². The number of nitrogens with zero attached hydrogens (tertiary/aromatic N) is 1. The Kier molecular flexibility index (Phi) is 3.87. The Morgan fingerprint density at radius 1 is 1.44 bits per heavy atom. The molecule has 0 amide bonds. The lowest BCUT2D eigenvalue weighted by Crippen LogP contribution is -2.32. The quantitative estimate of drug-likeness (QED) is 0.664. The lowest BCUT2D eigenvalue weighted by molar-refractivity contribution is -0.384. The summed E-state index contributed by atoms with van der Waals surface area (Å²) in [6, 6.07) is 1.99. The number of likely N-dealkylation sites (N-methyl/N-ethyl adjacent to an activating group) is 1. The van der Waals surface area contributed by atoms with E-state index in [0.29, 0.717) is 11.7 Å². The van der Waals surface area contributed by atoms with Crippen molar-refractivity contribution in [2.75, 3.05) is 19.4 Å². The molecule has 1 atom stereocenters. The molecule has 1 aliphatic carbocycles. The Bertz CT molecular complexity index is 491. The van der Waals surface area contributed by atoms with Crippen molar-refractivity contribution >= 4 is 27.3 Å². The molecule has 0 spiro atoms. The second-order valence-electron chi connectivity index (χ2n) is 4.45. The second kappa shape index (κ2) is 5.24. The van der Waals surface area contributed by atoms with Crippen molar-refractivity contribution in [3.63, 3.8) is 0 Å². The van der Waals surface area contributed by atoms with Gasteiger partial charge in [-0.05, 0) is 37.4 Å². The van der Waals surface area contributed by atoms with Gasteiger partial charge in [0.05, 0.1) is 4.92 Å².